The van der Waals surface area contributed by atoms with E-state index in [2.05, 4.69) is 19.9 Å². The Morgan fingerprint density at radius 3 is 2.79 bits per heavy atom. The molecule has 1 N–H and O–H groups in total. The fourth-order valence-corrected chi connectivity index (χ4v) is 3.14. The number of fused-ring (bicyclic) bond motifs is 1. The number of hydrogen-bond acceptors (Lipinski definition) is 6. The summed E-state index contributed by atoms with van der Waals surface area (Å²) in [5.41, 5.74) is 0.400. The number of ether oxygens (including phenoxy) is 2. The first kappa shape index (κ1) is 19.4. The lowest BCUT2D eigenvalue weighted by molar-refractivity contribution is -0.141. The molecule has 0 spiro atoms. The van der Waals surface area contributed by atoms with Crippen molar-refractivity contribution in [2.45, 2.75) is 25.1 Å². The Bertz CT molecular complexity index is 1010. The number of methoxy groups -OCH3 is 1. The lowest BCUT2D eigenvalue weighted by Crippen LogP contribution is -2.26. The first-order chi connectivity index (χ1) is 13.8. The van der Waals surface area contributed by atoms with Gasteiger partial charge in [-0.05, 0) is 18.2 Å². The van der Waals surface area contributed by atoms with Crippen LogP contribution in [0.4, 0.5) is 23.5 Å². The van der Waals surface area contributed by atoms with Gasteiger partial charge in [-0.25, -0.2) is 19.3 Å². The van der Waals surface area contributed by atoms with Crippen molar-refractivity contribution in [1.29, 1.82) is 0 Å². The van der Waals surface area contributed by atoms with Gasteiger partial charge in [-0.3, -0.25) is 0 Å². The van der Waals surface area contributed by atoms with Gasteiger partial charge in [0, 0.05) is 12.3 Å². The number of nitrogens with zero attached hydrogens (tertiary/aromatic N) is 4. The zero-order valence-corrected chi connectivity index (χ0v) is 15.3. The normalized spacial score (nSPS) is 19.8. The minimum absolute atomic E-state index is 0.0272. The predicted octanol–water partition coefficient (Wildman–Crippen LogP) is 3.12. The molecule has 0 bridgehead atoms. The molecule has 2 atom stereocenters. The Hall–Kier alpha value is -2.95. The van der Waals surface area contributed by atoms with E-state index < -0.39 is 24.1 Å². The molecule has 1 aliphatic heterocycles. The van der Waals surface area contributed by atoms with E-state index in [1.165, 1.54) is 4.90 Å². The van der Waals surface area contributed by atoms with E-state index in [1.54, 1.807) is 25.3 Å². The van der Waals surface area contributed by atoms with Crippen LogP contribution in [0.2, 0.25) is 0 Å². The Morgan fingerprint density at radius 2 is 2.03 bits per heavy atom. The summed E-state index contributed by atoms with van der Waals surface area (Å²) in [6.45, 7) is -0.0841. The van der Waals surface area contributed by atoms with Crippen LogP contribution in [0.25, 0.3) is 11.0 Å². The second kappa shape index (κ2) is 7.47. The molecule has 1 aromatic carbocycles. The van der Waals surface area contributed by atoms with Gasteiger partial charge < -0.3 is 19.4 Å². The third kappa shape index (κ3) is 4.09. The zero-order chi connectivity index (χ0) is 20.6. The number of H-pyrrole nitrogens is 1. The summed E-state index contributed by atoms with van der Waals surface area (Å²) in [5.74, 6) is 1.00. The second-order valence-corrected chi connectivity index (χ2v) is 6.58. The van der Waals surface area contributed by atoms with Crippen LogP contribution in [0.3, 0.4) is 0 Å². The number of aromatic amines is 1. The number of hydrogen-bond donors (Lipinski definition) is 1. The van der Waals surface area contributed by atoms with Crippen LogP contribution < -0.4 is 9.64 Å². The van der Waals surface area contributed by atoms with E-state index in [4.69, 9.17) is 9.47 Å². The minimum atomic E-state index is -4.59. The molecule has 2 aromatic heterocycles. The predicted molar refractivity (Wildman–Crippen MR) is 95.4 cm³/mol. The fraction of sp³-hybridized carbons (Fsp3) is 0.389. The molecule has 1 saturated heterocycles. The first-order valence-electron chi connectivity index (χ1n) is 8.77. The minimum Gasteiger partial charge on any atom is -0.497 e. The topological polar surface area (TPSA) is 76.2 Å². The van der Waals surface area contributed by atoms with E-state index in [0.29, 0.717) is 17.1 Å². The van der Waals surface area contributed by atoms with Gasteiger partial charge >= 0.3 is 6.18 Å². The molecule has 1 fully saturated rings. The van der Waals surface area contributed by atoms with Crippen molar-refractivity contribution in [3.63, 3.8) is 0 Å². The van der Waals surface area contributed by atoms with E-state index in [1.807, 2.05) is 0 Å². The molecular formula is C18H17F4N5O2. The van der Waals surface area contributed by atoms with Crippen molar-refractivity contribution >= 4 is 17.0 Å². The number of rotatable bonds is 5. The number of alkyl halides is 4. The van der Waals surface area contributed by atoms with E-state index in [9.17, 15) is 17.6 Å². The highest BCUT2D eigenvalue weighted by molar-refractivity contribution is 5.76. The van der Waals surface area contributed by atoms with Crippen LogP contribution in [0.5, 0.6) is 5.75 Å². The van der Waals surface area contributed by atoms with Crippen LogP contribution in [0.15, 0.2) is 30.5 Å². The molecular weight excluding hydrogens is 394 g/mol. The fourth-order valence-electron chi connectivity index (χ4n) is 3.14. The van der Waals surface area contributed by atoms with Crippen LogP contribution in [0.1, 0.15) is 11.5 Å². The van der Waals surface area contributed by atoms with Crippen molar-refractivity contribution in [3.05, 3.63) is 42.0 Å². The van der Waals surface area contributed by atoms with Crippen LogP contribution in [-0.2, 0) is 17.5 Å². The number of aromatic nitrogens is 4. The number of halogens is 4. The average molecular weight is 411 g/mol. The molecule has 3 heterocycles. The van der Waals surface area contributed by atoms with Gasteiger partial charge in [0.2, 0.25) is 5.95 Å². The average Bonchev–Trinajstić information content (AvgIpc) is 3.28. The van der Waals surface area contributed by atoms with E-state index in [-0.39, 0.29) is 25.6 Å². The first-order valence-corrected chi connectivity index (χ1v) is 8.77. The molecule has 0 amide bonds. The monoisotopic (exact) mass is 411 g/mol. The maximum atomic E-state index is 14.4. The summed E-state index contributed by atoms with van der Waals surface area (Å²) in [4.78, 5) is 16.1. The maximum Gasteiger partial charge on any atom is 0.433 e. The number of imidazole rings is 1. The highest BCUT2D eigenvalue weighted by Crippen LogP contribution is 2.29. The van der Waals surface area contributed by atoms with Crippen molar-refractivity contribution in [1.82, 2.24) is 19.9 Å². The number of benzene rings is 1. The molecule has 0 aliphatic carbocycles. The van der Waals surface area contributed by atoms with Crippen LogP contribution in [-0.4, -0.2) is 52.4 Å². The molecule has 7 nitrogen and oxygen atoms in total. The van der Waals surface area contributed by atoms with Gasteiger partial charge in [-0.2, -0.15) is 13.2 Å². The van der Waals surface area contributed by atoms with Crippen molar-refractivity contribution in [2.24, 2.45) is 0 Å². The van der Waals surface area contributed by atoms with Crippen molar-refractivity contribution < 1.29 is 27.0 Å². The molecule has 1 aliphatic rings. The molecule has 0 saturated carbocycles. The van der Waals surface area contributed by atoms with Gasteiger partial charge in [-0.1, -0.05) is 0 Å². The molecule has 11 heteroatoms. The zero-order valence-electron chi connectivity index (χ0n) is 15.3. The second-order valence-electron chi connectivity index (χ2n) is 6.58. The third-order valence-corrected chi connectivity index (χ3v) is 4.59. The number of nitrogens with one attached hydrogen (secondary N) is 1. The van der Waals surface area contributed by atoms with Gasteiger partial charge in [0.1, 0.15) is 36.2 Å². The standard InChI is InChI=1S/C18H17F4N5O2/c1-28-10-2-3-12-13(6-10)25-16(24-12)9-29-14-8-27(7-11(14)19)17-23-5-4-15(26-17)18(20,21)22/h2-6,11,14H,7-9H2,1H3,(H,24,25)/t11-,14+/m1/s1. The summed E-state index contributed by atoms with van der Waals surface area (Å²) < 4.78 is 63.6. The Balaban J connectivity index is 1.42. The Kier molecular flexibility index (Phi) is 4.99. The van der Waals surface area contributed by atoms with Gasteiger partial charge in [0.05, 0.1) is 31.2 Å². The molecule has 29 heavy (non-hydrogen) atoms. The summed E-state index contributed by atoms with van der Waals surface area (Å²) in [5, 5.41) is 0. The van der Waals surface area contributed by atoms with Crippen molar-refractivity contribution in [3.8, 4) is 5.75 Å². The van der Waals surface area contributed by atoms with E-state index in [0.717, 1.165) is 17.8 Å². The van der Waals surface area contributed by atoms with Crippen LogP contribution >= 0.6 is 0 Å². The summed E-state index contributed by atoms with van der Waals surface area (Å²) in [6, 6.07) is 6.12. The summed E-state index contributed by atoms with van der Waals surface area (Å²) in [7, 11) is 1.56. The van der Waals surface area contributed by atoms with E-state index >= 15 is 0 Å². The summed E-state index contributed by atoms with van der Waals surface area (Å²) >= 11 is 0. The van der Waals surface area contributed by atoms with Gasteiger partial charge in [0.15, 0.2) is 0 Å². The van der Waals surface area contributed by atoms with Crippen molar-refractivity contribution in [2.75, 3.05) is 25.1 Å². The lowest BCUT2D eigenvalue weighted by Gasteiger charge is -2.16. The highest BCUT2D eigenvalue weighted by Gasteiger charge is 2.37. The van der Waals surface area contributed by atoms with Gasteiger partial charge in [0.25, 0.3) is 0 Å². The molecule has 4 rings (SSSR count). The quantitative estimate of drug-likeness (QED) is 0.651. The highest BCUT2D eigenvalue weighted by atomic mass is 19.4. The number of anilines is 1. The van der Waals surface area contributed by atoms with Crippen LogP contribution in [0, 0.1) is 0 Å². The Labute approximate surface area is 162 Å². The SMILES string of the molecule is COc1ccc2nc(CO[C@H]3CN(c4nccc(C(F)(F)F)n4)C[C@H]3F)[nH]c2c1. The molecule has 154 valence electrons. The summed E-state index contributed by atoms with van der Waals surface area (Å²) in [6.07, 6.45) is -5.81. The molecule has 0 radical (unpaired) electrons. The molecule has 3 aromatic rings. The smallest absolute Gasteiger partial charge is 0.433 e. The maximum absolute atomic E-state index is 14.4. The lowest BCUT2D eigenvalue weighted by atomic mass is 10.3. The Morgan fingerprint density at radius 1 is 1.21 bits per heavy atom. The molecule has 0 unspecified atom stereocenters. The third-order valence-electron chi connectivity index (χ3n) is 4.59. The van der Waals surface area contributed by atoms with Gasteiger partial charge in [-0.15, -0.1) is 0 Å². The largest absolute Gasteiger partial charge is 0.497 e.